The molecule has 1 aliphatic rings. The highest BCUT2D eigenvalue weighted by Gasteiger charge is 2.32. The average molecular weight is 676 g/mol. The van der Waals surface area contributed by atoms with Gasteiger partial charge in [-0.25, -0.2) is 9.48 Å². The van der Waals surface area contributed by atoms with E-state index in [9.17, 15) is 14.4 Å². The van der Waals surface area contributed by atoms with E-state index < -0.39 is 5.91 Å². The minimum atomic E-state index is -0.434. The Labute approximate surface area is 266 Å². The van der Waals surface area contributed by atoms with Crippen LogP contribution in [-0.4, -0.2) is 49.3 Å². The van der Waals surface area contributed by atoms with Gasteiger partial charge >= 0.3 is 5.69 Å². The third kappa shape index (κ3) is 5.56. The fraction of sp³-hybridized carbons (Fsp3) is 0.188. The summed E-state index contributed by atoms with van der Waals surface area (Å²) in [6.07, 6.45) is 3.50. The standard InChI is InChI=1S/C32H28BrClN6O4/c1-20(21-4-11-25(44-2)12-5-21)36-30(41)29-28-19-37(31(42)22-6-13-26(33)27(34)18-22)16-17-38(28)32(43)40(29)24-9-7-23(8-10-24)39-15-3-14-35-39/h3-15,18,20H,16-17,19H2,1-2H3,(H,36,41)/t20-/m1/s1. The Balaban J connectivity index is 1.39. The van der Waals surface area contributed by atoms with Gasteiger partial charge in [0.2, 0.25) is 0 Å². The number of rotatable bonds is 7. The Morgan fingerprint density at radius 1 is 1.02 bits per heavy atom. The van der Waals surface area contributed by atoms with Crippen LogP contribution >= 0.6 is 27.5 Å². The molecule has 5 aromatic rings. The van der Waals surface area contributed by atoms with Crippen molar-refractivity contribution in [2.45, 2.75) is 26.1 Å². The van der Waals surface area contributed by atoms with Crippen molar-refractivity contribution < 1.29 is 14.3 Å². The normalized spacial score (nSPS) is 13.3. The average Bonchev–Trinajstić information content (AvgIpc) is 3.69. The van der Waals surface area contributed by atoms with Crippen LogP contribution < -0.4 is 15.7 Å². The van der Waals surface area contributed by atoms with Gasteiger partial charge in [-0.15, -0.1) is 0 Å². The van der Waals surface area contributed by atoms with Gasteiger partial charge in [0, 0.05) is 35.5 Å². The molecule has 10 nitrogen and oxygen atoms in total. The predicted octanol–water partition coefficient (Wildman–Crippen LogP) is 5.40. The Morgan fingerprint density at radius 2 is 1.75 bits per heavy atom. The third-order valence-corrected chi connectivity index (χ3v) is 8.92. The molecule has 0 radical (unpaired) electrons. The summed E-state index contributed by atoms with van der Waals surface area (Å²) < 4.78 is 10.6. The van der Waals surface area contributed by atoms with Crippen LogP contribution in [0.25, 0.3) is 11.4 Å². The summed E-state index contributed by atoms with van der Waals surface area (Å²) >= 11 is 9.62. The van der Waals surface area contributed by atoms with Gasteiger partial charge < -0.3 is 15.0 Å². The fourth-order valence-electron chi connectivity index (χ4n) is 5.33. The van der Waals surface area contributed by atoms with Crippen molar-refractivity contribution in [3.05, 3.63) is 128 Å². The molecule has 6 rings (SSSR count). The molecule has 0 unspecified atom stereocenters. The lowest BCUT2D eigenvalue weighted by atomic mass is 10.1. The van der Waals surface area contributed by atoms with E-state index in [4.69, 9.17) is 16.3 Å². The van der Waals surface area contributed by atoms with Gasteiger partial charge in [-0.1, -0.05) is 23.7 Å². The smallest absolute Gasteiger partial charge is 0.333 e. The van der Waals surface area contributed by atoms with Crippen molar-refractivity contribution >= 4 is 39.3 Å². The van der Waals surface area contributed by atoms with E-state index in [0.717, 1.165) is 11.3 Å². The summed E-state index contributed by atoms with van der Waals surface area (Å²) in [4.78, 5) is 43.1. The third-order valence-electron chi connectivity index (χ3n) is 7.69. The van der Waals surface area contributed by atoms with Crippen molar-refractivity contribution in [3.63, 3.8) is 0 Å². The second-order valence-electron chi connectivity index (χ2n) is 10.4. The van der Waals surface area contributed by atoms with Gasteiger partial charge in [-0.2, -0.15) is 5.10 Å². The number of carbonyl (C=O) groups is 2. The first-order chi connectivity index (χ1) is 21.2. The number of amides is 2. The van der Waals surface area contributed by atoms with Crippen molar-refractivity contribution in [1.82, 2.24) is 29.1 Å². The minimum Gasteiger partial charge on any atom is -0.497 e. The molecular formula is C32H28BrClN6O4. The summed E-state index contributed by atoms with van der Waals surface area (Å²) in [6.45, 7) is 2.47. The lowest BCUT2D eigenvalue weighted by Crippen LogP contribution is -2.41. The number of halogens is 2. The number of nitrogens with one attached hydrogen (secondary N) is 1. The van der Waals surface area contributed by atoms with Crippen molar-refractivity contribution in [3.8, 4) is 17.1 Å². The number of methoxy groups -OCH3 is 1. The molecule has 44 heavy (non-hydrogen) atoms. The number of fused-ring (bicyclic) bond motifs is 1. The van der Waals surface area contributed by atoms with Gasteiger partial charge in [0.15, 0.2) is 0 Å². The van der Waals surface area contributed by atoms with E-state index in [-0.39, 0.29) is 36.4 Å². The molecule has 224 valence electrons. The summed E-state index contributed by atoms with van der Waals surface area (Å²) in [7, 11) is 1.59. The second kappa shape index (κ2) is 12.2. The predicted molar refractivity (Wildman–Crippen MR) is 170 cm³/mol. The lowest BCUT2D eigenvalue weighted by molar-refractivity contribution is 0.0706. The molecule has 12 heteroatoms. The van der Waals surface area contributed by atoms with Crippen LogP contribution in [0.3, 0.4) is 0 Å². The van der Waals surface area contributed by atoms with Crippen LogP contribution in [-0.2, 0) is 13.1 Å². The van der Waals surface area contributed by atoms with E-state index in [2.05, 4.69) is 26.3 Å². The zero-order chi connectivity index (χ0) is 31.0. The molecule has 0 bridgehead atoms. The number of hydrogen-bond acceptors (Lipinski definition) is 5. The van der Waals surface area contributed by atoms with Gasteiger partial charge in [0.05, 0.1) is 41.8 Å². The fourth-order valence-corrected chi connectivity index (χ4v) is 5.76. The van der Waals surface area contributed by atoms with Gasteiger partial charge in [-0.3, -0.25) is 18.7 Å². The largest absolute Gasteiger partial charge is 0.497 e. The molecule has 1 N–H and O–H groups in total. The summed E-state index contributed by atoms with van der Waals surface area (Å²) in [5, 5.41) is 7.73. The Hall–Kier alpha value is -4.61. The Morgan fingerprint density at radius 3 is 2.41 bits per heavy atom. The maximum Gasteiger partial charge on any atom is 0.333 e. The van der Waals surface area contributed by atoms with Crippen LogP contribution in [0.15, 0.2) is 94.5 Å². The zero-order valence-electron chi connectivity index (χ0n) is 23.9. The highest BCUT2D eigenvalue weighted by atomic mass is 79.9. The maximum atomic E-state index is 14.1. The molecule has 2 aromatic heterocycles. The first-order valence-electron chi connectivity index (χ1n) is 13.9. The van der Waals surface area contributed by atoms with Crippen molar-refractivity contribution in [2.24, 2.45) is 0 Å². The van der Waals surface area contributed by atoms with E-state index in [1.807, 2.05) is 55.6 Å². The molecule has 0 saturated carbocycles. The van der Waals surface area contributed by atoms with Gasteiger partial charge in [-0.05, 0) is 89.1 Å². The summed E-state index contributed by atoms with van der Waals surface area (Å²) in [5.41, 5.74) is 2.89. The van der Waals surface area contributed by atoms with Crippen LogP contribution in [0.2, 0.25) is 5.02 Å². The first-order valence-corrected chi connectivity index (χ1v) is 15.1. The molecule has 2 amide bonds. The van der Waals surface area contributed by atoms with Crippen molar-refractivity contribution in [2.75, 3.05) is 13.7 Å². The maximum absolute atomic E-state index is 14.1. The Bertz CT molecular complexity index is 1900. The minimum absolute atomic E-state index is 0.0692. The molecule has 1 aliphatic heterocycles. The second-order valence-corrected chi connectivity index (χ2v) is 11.6. The van der Waals surface area contributed by atoms with Crippen LogP contribution in [0.1, 0.15) is 45.1 Å². The topological polar surface area (TPSA) is 103 Å². The molecule has 3 heterocycles. The number of aromatic nitrogens is 4. The number of carbonyl (C=O) groups excluding carboxylic acids is 2. The van der Waals surface area contributed by atoms with E-state index in [1.54, 1.807) is 57.8 Å². The van der Waals surface area contributed by atoms with Crippen LogP contribution in [0, 0.1) is 0 Å². The highest BCUT2D eigenvalue weighted by Crippen LogP contribution is 2.27. The van der Waals surface area contributed by atoms with E-state index in [1.165, 1.54) is 4.57 Å². The quantitative estimate of drug-likeness (QED) is 0.249. The number of nitrogens with zero attached hydrogens (tertiary/aromatic N) is 5. The molecular weight excluding hydrogens is 648 g/mol. The lowest BCUT2D eigenvalue weighted by Gasteiger charge is -2.28. The summed E-state index contributed by atoms with van der Waals surface area (Å²) in [6, 6.07) is 21.1. The monoisotopic (exact) mass is 674 g/mol. The van der Waals surface area contributed by atoms with Crippen LogP contribution in [0.5, 0.6) is 5.75 Å². The van der Waals surface area contributed by atoms with Gasteiger partial charge in [0.1, 0.15) is 11.4 Å². The van der Waals surface area contributed by atoms with Gasteiger partial charge in [0.25, 0.3) is 11.8 Å². The molecule has 0 saturated heterocycles. The number of hydrogen-bond donors (Lipinski definition) is 1. The zero-order valence-corrected chi connectivity index (χ0v) is 26.2. The molecule has 0 aliphatic carbocycles. The molecule has 0 fully saturated rings. The SMILES string of the molecule is COc1ccc([C@@H](C)NC(=O)c2c3n(c(=O)n2-c2ccc(-n4cccn4)cc2)CCN(C(=O)c2ccc(Br)c(Cl)c2)C3)cc1. The Kier molecular flexibility index (Phi) is 8.15. The van der Waals surface area contributed by atoms with E-state index in [0.29, 0.717) is 38.7 Å². The highest BCUT2D eigenvalue weighted by molar-refractivity contribution is 9.10. The van der Waals surface area contributed by atoms with Crippen LogP contribution in [0.4, 0.5) is 0 Å². The number of imidazole rings is 1. The van der Waals surface area contributed by atoms with Crippen molar-refractivity contribution in [1.29, 1.82) is 0 Å². The first kappa shape index (κ1) is 29.5. The number of benzene rings is 3. The molecule has 3 aromatic carbocycles. The summed E-state index contributed by atoms with van der Waals surface area (Å²) in [5.74, 6) is 0.0293. The number of ether oxygens (including phenoxy) is 1. The molecule has 0 spiro atoms. The van der Waals surface area contributed by atoms with E-state index >= 15 is 0 Å². The molecule has 1 atom stereocenters.